The van der Waals surface area contributed by atoms with Crippen LogP contribution in [0.1, 0.15) is 5.56 Å². The van der Waals surface area contributed by atoms with Crippen molar-refractivity contribution in [1.82, 2.24) is 4.98 Å². The molecule has 0 N–H and O–H groups in total. The second-order valence-corrected chi connectivity index (χ2v) is 6.75. The molecule has 128 valence electrons. The van der Waals surface area contributed by atoms with Crippen LogP contribution in [0.5, 0.6) is 17.4 Å². The Labute approximate surface area is 160 Å². The van der Waals surface area contributed by atoms with Crippen LogP contribution < -0.4 is 9.47 Å². The van der Waals surface area contributed by atoms with Gasteiger partial charge in [0.05, 0.1) is 5.52 Å². The zero-order valence-corrected chi connectivity index (χ0v) is 15.5. The zero-order valence-electron chi connectivity index (χ0n) is 13.9. The summed E-state index contributed by atoms with van der Waals surface area (Å²) in [6.45, 7) is 0.544. The summed E-state index contributed by atoms with van der Waals surface area (Å²) in [6.07, 6.45) is 0. The average molecular weight is 406 g/mol. The monoisotopic (exact) mass is 405 g/mol. The van der Waals surface area contributed by atoms with E-state index in [4.69, 9.17) is 9.47 Å². The van der Waals surface area contributed by atoms with Crippen molar-refractivity contribution in [2.75, 3.05) is 0 Å². The third kappa shape index (κ3) is 4.03. The predicted octanol–water partition coefficient (Wildman–Crippen LogP) is 6.37. The fourth-order valence-electron chi connectivity index (χ4n) is 2.60. The van der Waals surface area contributed by atoms with Crippen LogP contribution in [0, 0.1) is 0 Å². The Morgan fingerprint density at radius 1 is 0.769 bits per heavy atom. The summed E-state index contributed by atoms with van der Waals surface area (Å²) in [5.74, 6) is 2.09. The van der Waals surface area contributed by atoms with Gasteiger partial charge in [0, 0.05) is 15.9 Å². The fourth-order valence-corrected chi connectivity index (χ4v) is 2.98. The van der Waals surface area contributed by atoms with Crippen LogP contribution >= 0.6 is 15.9 Å². The molecule has 0 bridgehead atoms. The minimum atomic E-state index is 0.544. The Morgan fingerprint density at radius 3 is 2.35 bits per heavy atom. The standard InChI is InChI=1S/C22H16BrNO2/c23-18-7-12-21-17(14-18)6-13-22(24-21)26-20-10-8-19(9-11-20)25-15-16-4-2-1-3-5-16/h1-14H,15H2. The number of ether oxygens (including phenoxy) is 2. The molecule has 3 aromatic carbocycles. The van der Waals surface area contributed by atoms with E-state index in [1.54, 1.807) is 0 Å². The molecule has 26 heavy (non-hydrogen) atoms. The van der Waals surface area contributed by atoms with Gasteiger partial charge in [0.1, 0.15) is 18.1 Å². The van der Waals surface area contributed by atoms with Crippen LogP contribution in [-0.4, -0.2) is 4.98 Å². The molecule has 0 atom stereocenters. The summed E-state index contributed by atoms with van der Waals surface area (Å²) in [4.78, 5) is 4.54. The van der Waals surface area contributed by atoms with Crippen molar-refractivity contribution in [3.63, 3.8) is 0 Å². The summed E-state index contributed by atoms with van der Waals surface area (Å²) >= 11 is 3.47. The van der Waals surface area contributed by atoms with E-state index in [0.29, 0.717) is 12.5 Å². The quantitative estimate of drug-likeness (QED) is 0.386. The van der Waals surface area contributed by atoms with Crippen LogP contribution in [0.2, 0.25) is 0 Å². The maximum atomic E-state index is 5.86. The number of nitrogens with zero attached hydrogens (tertiary/aromatic N) is 1. The van der Waals surface area contributed by atoms with Gasteiger partial charge in [-0.1, -0.05) is 46.3 Å². The highest BCUT2D eigenvalue weighted by molar-refractivity contribution is 9.10. The Kier molecular flexibility index (Phi) is 4.84. The topological polar surface area (TPSA) is 31.4 Å². The van der Waals surface area contributed by atoms with E-state index in [1.807, 2.05) is 84.9 Å². The van der Waals surface area contributed by atoms with E-state index < -0.39 is 0 Å². The molecule has 1 heterocycles. The summed E-state index contributed by atoms with van der Waals surface area (Å²) in [5, 5.41) is 1.07. The van der Waals surface area contributed by atoms with Gasteiger partial charge in [-0.05, 0) is 54.1 Å². The predicted molar refractivity (Wildman–Crippen MR) is 107 cm³/mol. The molecule has 4 rings (SSSR count). The lowest BCUT2D eigenvalue weighted by Gasteiger charge is -2.09. The van der Waals surface area contributed by atoms with Crippen molar-refractivity contribution >= 4 is 26.8 Å². The van der Waals surface area contributed by atoms with Crippen molar-refractivity contribution in [2.45, 2.75) is 6.61 Å². The van der Waals surface area contributed by atoms with Crippen LogP contribution in [0.3, 0.4) is 0 Å². The van der Waals surface area contributed by atoms with Crippen LogP contribution in [0.15, 0.2) is 89.4 Å². The molecule has 0 fully saturated rings. The number of fused-ring (bicyclic) bond motifs is 1. The van der Waals surface area contributed by atoms with Crippen LogP contribution in [0.4, 0.5) is 0 Å². The minimum absolute atomic E-state index is 0.544. The first-order valence-electron chi connectivity index (χ1n) is 8.27. The van der Waals surface area contributed by atoms with E-state index in [1.165, 1.54) is 0 Å². The van der Waals surface area contributed by atoms with Crippen LogP contribution in [-0.2, 0) is 6.61 Å². The molecule has 0 spiro atoms. The van der Waals surface area contributed by atoms with Crippen molar-refractivity contribution < 1.29 is 9.47 Å². The van der Waals surface area contributed by atoms with Gasteiger partial charge in [-0.3, -0.25) is 0 Å². The van der Waals surface area contributed by atoms with E-state index in [0.717, 1.165) is 32.4 Å². The maximum Gasteiger partial charge on any atom is 0.219 e. The first-order chi connectivity index (χ1) is 12.8. The summed E-state index contributed by atoms with van der Waals surface area (Å²) < 4.78 is 12.7. The lowest BCUT2D eigenvalue weighted by Crippen LogP contribution is -1.95. The normalized spacial score (nSPS) is 10.7. The van der Waals surface area contributed by atoms with E-state index in [9.17, 15) is 0 Å². The highest BCUT2D eigenvalue weighted by atomic mass is 79.9. The number of benzene rings is 3. The van der Waals surface area contributed by atoms with Crippen molar-refractivity contribution in [1.29, 1.82) is 0 Å². The molecule has 4 aromatic rings. The smallest absolute Gasteiger partial charge is 0.219 e. The molecule has 0 radical (unpaired) electrons. The molecule has 4 heteroatoms. The highest BCUT2D eigenvalue weighted by Crippen LogP contribution is 2.26. The number of hydrogen-bond acceptors (Lipinski definition) is 3. The molecule has 0 aliphatic rings. The van der Waals surface area contributed by atoms with Gasteiger partial charge in [-0.25, -0.2) is 4.98 Å². The summed E-state index contributed by atoms with van der Waals surface area (Å²) in [6, 6.07) is 27.5. The Balaban J connectivity index is 1.43. The molecular formula is C22H16BrNO2. The zero-order chi connectivity index (χ0) is 17.8. The second-order valence-electron chi connectivity index (χ2n) is 5.83. The number of pyridine rings is 1. The molecule has 0 aliphatic carbocycles. The molecule has 0 saturated carbocycles. The minimum Gasteiger partial charge on any atom is -0.489 e. The SMILES string of the molecule is Brc1ccc2nc(Oc3ccc(OCc4ccccc4)cc3)ccc2c1. The van der Waals surface area contributed by atoms with Gasteiger partial charge >= 0.3 is 0 Å². The van der Waals surface area contributed by atoms with Gasteiger partial charge in [0.25, 0.3) is 0 Å². The first-order valence-corrected chi connectivity index (χ1v) is 9.06. The maximum absolute atomic E-state index is 5.86. The van der Waals surface area contributed by atoms with Gasteiger partial charge in [0.2, 0.25) is 5.88 Å². The first kappa shape index (κ1) is 16.6. The Morgan fingerprint density at radius 2 is 1.54 bits per heavy atom. The molecule has 1 aromatic heterocycles. The molecule has 3 nitrogen and oxygen atoms in total. The molecule has 0 aliphatic heterocycles. The van der Waals surface area contributed by atoms with Gasteiger partial charge < -0.3 is 9.47 Å². The lowest BCUT2D eigenvalue weighted by molar-refractivity contribution is 0.305. The Bertz CT molecular complexity index is 1020. The molecule has 0 amide bonds. The molecule has 0 saturated heterocycles. The molecule has 0 unspecified atom stereocenters. The second kappa shape index (κ2) is 7.58. The Hall–Kier alpha value is -2.85. The number of aromatic nitrogens is 1. The average Bonchev–Trinajstić information content (AvgIpc) is 2.68. The van der Waals surface area contributed by atoms with Crippen LogP contribution in [0.25, 0.3) is 10.9 Å². The molecular weight excluding hydrogens is 390 g/mol. The van der Waals surface area contributed by atoms with Gasteiger partial charge in [-0.2, -0.15) is 0 Å². The fraction of sp³-hybridized carbons (Fsp3) is 0.0455. The largest absolute Gasteiger partial charge is 0.489 e. The van der Waals surface area contributed by atoms with E-state index in [-0.39, 0.29) is 0 Å². The van der Waals surface area contributed by atoms with Crippen molar-refractivity contribution in [2.24, 2.45) is 0 Å². The van der Waals surface area contributed by atoms with Gasteiger partial charge in [0.15, 0.2) is 0 Å². The van der Waals surface area contributed by atoms with Crippen molar-refractivity contribution in [3.05, 3.63) is 95.0 Å². The summed E-state index contributed by atoms with van der Waals surface area (Å²) in [5.41, 5.74) is 2.04. The van der Waals surface area contributed by atoms with Gasteiger partial charge in [-0.15, -0.1) is 0 Å². The highest BCUT2D eigenvalue weighted by Gasteiger charge is 2.03. The van der Waals surface area contributed by atoms with E-state index >= 15 is 0 Å². The third-order valence-corrected chi connectivity index (χ3v) is 4.41. The number of halogens is 1. The van der Waals surface area contributed by atoms with E-state index in [2.05, 4.69) is 20.9 Å². The van der Waals surface area contributed by atoms with Crippen molar-refractivity contribution in [3.8, 4) is 17.4 Å². The summed E-state index contributed by atoms with van der Waals surface area (Å²) in [7, 11) is 0. The number of hydrogen-bond donors (Lipinski definition) is 0. The lowest BCUT2D eigenvalue weighted by atomic mass is 10.2. The number of rotatable bonds is 5. The third-order valence-electron chi connectivity index (χ3n) is 3.92.